The van der Waals surface area contributed by atoms with Gasteiger partial charge in [-0.3, -0.25) is 0 Å². The smallest absolute Gasteiger partial charge is 0.179 e. The van der Waals surface area contributed by atoms with E-state index in [9.17, 15) is 5.11 Å². The van der Waals surface area contributed by atoms with Gasteiger partial charge in [0.2, 0.25) is 0 Å². The van der Waals surface area contributed by atoms with Gasteiger partial charge in [-0.25, -0.2) is 0 Å². The summed E-state index contributed by atoms with van der Waals surface area (Å²) in [6.45, 7) is 8.39. The molecule has 0 radical (unpaired) electrons. The molecule has 1 atom stereocenters. The van der Waals surface area contributed by atoms with Crippen molar-refractivity contribution < 1.29 is 5.11 Å². The number of benzene rings is 1. The molecule has 1 aromatic heterocycles. The number of aromatic nitrogens is 4. The lowest BCUT2D eigenvalue weighted by Crippen LogP contribution is -2.31. The molecule has 0 aliphatic rings. The lowest BCUT2D eigenvalue weighted by atomic mass is 9.89. The van der Waals surface area contributed by atoms with Gasteiger partial charge in [-0.05, 0) is 23.1 Å². The van der Waals surface area contributed by atoms with Gasteiger partial charge in [-0.1, -0.05) is 50.6 Å². The molecule has 0 spiro atoms. The molecule has 0 fully saturated rings. The van der Waals surface area contributed by atoms with Crippen LogP contribution in [0.4, 0.5) is 0 Å². The molecule has 5 nitrogen and oxygen atoms in total. The monoisotopic (exact) mass is 274 g/mol. The summed E-state index contributed by atoms with van der Waals surface area (Å²) in [7, 11) is 0. The van der Waals surface area contributed by atoms with Crippen LogP contribution in [0.1, 0.15) is 37.7 Å². The summed E-state index contributed by atoms with van der Waals surface area (Å²) in [5, 5.41) is 22.4. The molecule has 1 unspecified atom stereocenters. The second-order valence-corrected chi connectivity index (χ2v) is 6.30. The third-order valence-corrected chi connectivity index (χ3v) is 3.31. The summed E-state index contributed by atoms with van der Waals surface area (Å²) < 4.78 is 0. The van der Waals surface area contributed by atoms with Crippen LogP contribution in [0.25, 0.3) is 0 Å². The molecule has 2 rings (SSSR count). The highest BCUT2D eigenvalue weighted by atomic mass is 16.3. The molecule has 108 valence electrons. The lowest BCUT2D eigenvalue weighted by Gasteiger charge is -2.24. The minimum Gasteiger partial charge on any atom is -0.391 e. The normalized spacial score (nSPS) is 13.4. The maximum Gasteiger partial charge on any atom is 0.179 e. The van der Waals surface area contributed by atoms with Gasteiger partial charge in [-0.2, -0.15) is 4.80 Å². The predicted octanol–water partition coefficient (Wildman–Crippen LogP) is 1.98. The van der Waals surface area contributed by atoms with E-state index >= 15 is 0 Å². The number of aliphatic hydroxyl groups excluding tert-OH is 1. The Morgan fingerprint density at radius 1 is 1.20 bits per heavy atom. The Morgan fingerprint density at radius 2 is 1.85 bits per heavy atom. The predicted molar refractivity (Wildman–Crippen MR) is 77.3 cm³/mol. The van der Waals surface area contributed by atoms with Crippen molar-refractivity contribution in [2.24, 2.45) is 5.41 Å². The zero-order valence-corrected chi connectivity index (χ0v) is 12.5. The van der Waals surface area contributed by atoms with Crippen LogP contribution in [-0.4, -0.2) is 31.4 Å². The van der Waals surface area contributed by atoms with E-state index in [1.54, 1.807) is 0 Å². The first-order chi connectivity index (χ1) is 9.34. The van der Waals surface area contributed by atoms with Gasteiger partial charge in [0.1, 0.15) is 0 Å². The zero-order valence-electron chi connectivity index (χ0n) is 12.5. The molecule has 2 aromatic rings. The highest BCUT2D eigenvalue weighted by Gasteiger charge is 2.23. The van der Waals surface area contributed by atoms with E-state index in [1.165, 1.54) is 10.4 Å². The molecule has 20 heavy (non-hydrogen) atoms. The molecule has 0 saturated carbocycles. The molecule has 0 aliphatic heterocycles. The summed E-state index contributed by atoms with van der Waals surface area (Å²) in [5.74, 6) is 0.676. The quantitative estimate of drug-likeness (QED) is 0.926. The molecule has 1 heterocycles. The molecule has 5 heteroatoms. The summed E-state index contributed by atoms with van der Waals surface area (Å²) in [5.41, 5.74) is 2.20. The second-order valence-electron chi connectivity index (χ2n) is 6.30. The van der Waals surface area contributed by atoms with Crippen LogP contribution in [-0.2, 0) is 13.0 Å². The number of aliphatic hydroxyl groups is 1. The summed E-state index contributed by atoms with van der Waals surface area (Å²) >= 11 is 0. The van der Waals surface area contributed by atoms with Crippen LogP contribution in [0.3, 0.4) is 0 Å². The van der Waals surface area contributed by atoms with Crippen LogP contribution in [0.2, 0.25) is 0 Å². The topological polar surface area (TPSA) is 63.8 Å². The van der Waals surface area contributed by atoms with Crippen molar-refractivity contribution in [1.82, 2.24) is 20.2 Å². The fourth-order valence-corrected chi connectivity index (χ4v) is 1.74. The van der Waals surface area contributed by atoms with Crippen LogP contribution >= 0.6 is 0 Å². The van der Waals surface area contributed by atoms with Crippen LogP contribution in [0, 0.1) is 12.3 Å². The van der Waals surface area contributed by atoms with Gasteiger partial charge < -0.3 is 5.11 Å². The van der Waals surface area contributed by atoms with Crippen molar-refractivity contribution in [3.05, 3.63) is 41.2 Å². The average Bonchev–Trinajstić information content (AvgIpc) is 2.78. The third-order valence-electron chi connectivity index (χ3n) is 3.31. The fraction of sp³-hybridized carbons (Fsp3) is 0.533. The Morgan fingerprint density at radius 3 is 2.45 bits per heavy atom. The molecule has 0 amide bonds. The van der Waals surface area contributed by atoms with E-state index in [0.29, 0.717) is 18.8 Å². The van der Waals surface area contributed by atoms with E-state index < -0.39 is 6.10 Å². The molecular formula is C15H22N4O. The Kier molecular flexibility index (Phi) is 4.18. The highest BCUT2D eigenvalue weighted by Crippen LogP contribution is 2.19. The molecule has 1 aromatic carbocycles. The molecular weight excluding hydrogens is 252 g/mol. The van der Waals surface area contributed by atoms with Crippen LogP contribution in [0.15, 0.2) is 24.3 Å². The van der Waals surface area contributed by atoms with Crippen molar-refractivity contribution in [3.8, 4) is 0 Å². The van der Waals surface area contributed by atoms with Gasteiger partial charge in [0.25, 0.3) is 0 Å². The van der Waals surface area contributed by atoms with Crippen molar-refractivity contribution in [1.29, 1.82) is 0 Å². The summed E-state index contributed by atoms with van der Waals surface area (Å²) in [6, 6.07) is 8.28. The number of tetrazole rings is 1. The van der Waals surface area contributed by atoms with Crippen molar-refractivity contribution in [2.45, 2.75) is 46.8 Å². The Bertz CT molecular complexity index is 554. The van der Waals surface area contributed by atoms with Gasteiger partial charge >= 0.3 is 0 Å². The van der Waals surface area contributed by atoms with Crippen LogP contribution < -0.4 is 0 Å². The molecule has 0 aliphatic carbocycles. The first-order valence-electron chi connectivity index (χ1n) is 6.85. The lowest BCUT2D eigenvalue weighted by molar-refractivity contribution is 0.0409. The number of aryl methyl sites for hydroxylation is 1. The minimum atomic E-state index is -0.496. The van der Waals surface area contributed by atoms with Gasteiger partial charge in [0, 0.05) is 6.42 Å². The van der Waals surface area contributed by atoms with E-state index in [0.717, 1.165) is 5.56 Å². The molecule has 0 bridgehead atoms. The highest BCUT2D eigenvalue weighted by molar-refractivity contribution is 5.23. The third kappa shape index (κ3) is 3.87. The van der Waals surface area contributed by atoms with Gasteiger partial charge in [0.15, 0.2) is 5.82 Å². The largest absolute Gasteiger partial charge is 0.391 e. The number of hydrogen-bond donors (Lipinski definition) is 1. The van der Waals surface area contributed by atoms with E-state index in [2.05, 4.69) is 46.6 Å². The zero-order chi connectivity index (χ0) is 14.8. The van der Waals surface area contributed by atoms with Gasteiger partial charge in [0.05, 0.1) is 12.6 Å². The van der Waals surface area contributed by atoms with E-state index in [1.807, 2.05) is 20.8 Å². The SMILES string of the molecule is Cc1ccc(Cc2nnn(CC(O)C(C)(C)C)n2)cc1. The van der Waals surface area contributed by atoms with E-state index in [4.69, 9.17) is 0 Å². The summed E-state index contributed by atoms with van der Waals surface area (Å²) in [6.07, 6.45) is 0.162. The van der Waals surface area contributed by atoms with Gasteiger partial charge in [-0.15, -0.1) is 10.2 Å². The van der Waals surface area contributed by atoms with Crippen molar-refractivity contribution in [2.75, 3.05) is 0 Å². The summed E-state index contributed by atoms with van der Waals surface area (Å²) in [4.78, 5) is 1.47. The fourth-order valence-electron chi connectivity index (χ4n) is 1.74. The van der Waals surface area contributed by atoms with Crippen molar-refractivity contribution >= 4 is 0 Å². The average molecular weight is 274 g/mol. The minimum absolute atomic E-state index is 0.190. The number of hydrogen-bond acceptors (Lipinski definition) is 4. The molecule has 0 saturated heterocycles. The molecule has 1 N–H and O–H groups in total. The first-order valence-corrected chi connectivity index (χ1v) is 6.85. The standard InChI is InChI=1S/C15H22N4O/c1-11-5-7-12(8-6-11)9-14-16-18-19(17-14)10-13(20)15(2,3)4/h5-8,13,20H,9-10H2,1-4H3. The van der Waals surface area contributed by atoms with Crippen molar-refractivity contribution in [3.63, 3.8) is 0 Å². The Balaban J connectivity index is 2.00. The Labute approximate surface area is 119 Å². The Hall–Kier alpha value is -1.75. The maximum atomic E-state index is 10.0. The number of rotatable bonds is 4. The van der Waals surface area contributed by atoms with Crippen LogP contribution in [0.5, 0.6) is 0 Å². The number of nitrogens with zero attached hydrogens (tertiary/aromatic N) is 4. The maximum absolute atomic E-state index is 10.0. The van der Waals surface area contributed by atoms with E-state index in [-0.39, 0.29) is 5.41 Å². The second kappa shape index (κ2) is 5.71. The first kappa shape index (κ1) is 14.7.